The first-order valence-corrected chi connectivity index (χ1v) is 14.0. The molecule has 3 aromatic carbocycles. The number of anilines is 1. The number of hydrogen-bond donors (Lipinski definition) is 1. The number of ketones is 1. The Hall–Kier alpha value is -3.97. The minimum Gasteiger partial charge on any atom is -0.507 e. The van der Waals surface area contributed by atoms with Crippen molar-refractivity contribution in [2.45, 2.75) is 52.5 Å². The van der Waals surface area contributed by atoms with Crippen LogP contribution < -0.4 is 9.64 Å². The fraction of sp³-hybridized carbons (Fsp3) is 0.281. The van der Waals surface area contributed by atoms with E-state index in [1.807, 2.05) is 43.3 Å². The van der Waals surface area contributed by atoms with Crippen molar-refractivity contribution in [3.63, 3.8) is 0 Å². The average molecular weight is 541 g/mol. The largest absolute Gasteiger partial charge is 0.507 e. The summed E-state index contributed by atoms with van der Waals surface area (Å²) in [5.74, 6) is -1.01. The van der Waals surface area contributed by atoms with Gasteiger partial charge in [-0.3, -0.25) is 14.5 Å². The first-order valence-electron chi connectivity index (χ1n) is 13.2. The van der Waals surface area contributed by atoms with E-state index in [1.165, 1.54) is 21.8 Å². The summed E-state index contributed by atoms with van der Waals surface area (Å²) in [6.07, 6.45) is 0.885. The molecule has 1 aromatic heterocycles. The van der Waals surface area contributed by atoms with Crippen molar-refractivity contribution in [1.82, 2.24) is 4.98 Å². The summed E-state index contributed by atoms with van der Waals surface area (Å²) in [5, 5.41) is 11.9. The van der Waals surface area contributed by atoms with Gasteiger partial charge in [0.1, 0.15) is 11.5 Å². The number of ether oxygens (including phenoxy) is 1. The normalized spacial score (nSPS) is 17.3. The van der Waals surface area contributed by atoms with Gasteiger partial charge in [-0.25, -0.2) is 4.98 Å². The molecule has 39 heavy (non-hydrogen) atoms. The summed E-state index contributed by atoms with van der Waals surface area (Å²) < 4.78 is 6.46. The van der Waals surface area contributed by atoms with Crippen LogP contribution in [0, 0.1) is 0 Å². The highest BCUT2D eigenvalue weighted by Crippen LogP contribution is 2.44. The molecule has 0 radical (unpaired) electrons. The Morgan fingerprint density at radius 3 is 2.31 bits per heavy atom. The first kappa shape index (κ1) is 26.6. The zero-order valence-electron chi connectivity index (χ0n) is 22.8. The molecule has 6 nitrogen and oxygen atoms in total. The summed E-state index contributed by atoms with van der Waals surface area (Å²) in [6, 6.07) is 20.0. The van der Waals surface area contributed by atoms with Crippen LogP contribution in [0.5, 0.6) is 5.75 Å². The Labute approximate surface area is 232 Å². The molecular weight excluding hydrogens is 508 g/mol. The monoisotopic (exact) mass is 540 g/mol. The van der Waals surface area contributed by atoms with E-state index >= 15 is 0 Å². The van der Waals surface area contributed by atoms with Crippen molar-refractivity contribution in [3.05, 3.63) is 94.6 Å². The lowest BCUT2D eigenvalue weighted by molar-refractivity contribution is -0.132. The van der Waals surface area contributed by atoms with Gasteiger partial charge < -0.3 is 9.84 Å². The molecule has 200 valence electrons. The van der Waals surface area contributed by atoms with Gasteiger partial charge in [0.05, 0.1) is 28.4 Å². The molecule has 1 atom stereocenters. The Balaban J connectivity index is 1.67. The van der Waals surface area contributed by atoms with Gasteiger partial charge in [-0.1, -0.05) is 69.4 Å². The summed E-state index contributed by atoms with van der Waals surface area (Å²) in [4.78, 5) is 33.3. The van der Waals surface area contributed by atoms with Gasteiger partial charge in [0.2, 0.25) is 0 Å². The van der Waals surface area contributed by atoms with Gasteiger partial charge in [0, 0.05) is 5.56 Å². The molecule has 7 heteroatoms. The third-order valence-electron chi connectivity index (χ3n) is 7.03. The van der Waals surface area contributed by atoms with Gasteiger partial charge in [-0.15, -0.1) is 0 Å². The van der Waals surface area contributed by atoms with Crippen LogP contribution in [0.15, 0.2) is 72.3 Å². The number of carbonyl (C=O) groups is 2. The summed E-state index contributed by atoms with van der Waals surface area (Å²) >= 11 is 1.37. The van der Waals surface area contributed by atoms with E-state index in [4.69, 9.17) is 9.72 Å². The predicted octanol–water partition coefficient (Wildman–Crippen LogP) is 7.18. The number of benzene rings is 3. The highest BCUT2D eigenvalue weighted by atomic mass is 32.1. The standard InChI is InChI=1S/C32H32N2O4S/c1-6-19-8-17-24-25(18-19)39-31(33-24)34-27(20-9-13-22(14-10-20)32(3,4)5)26(29(36)30(34)37)28(35)21-11-15-23(16-12-21)38-7-2/h8-18,27,35H,6-7H2,1-5H3/b28-26+/t27-/m0/s1. The third-order valence-corrected chi connectivity index (χ3v) is 8.05. The number of amides is 1. The molecule has 1 fully saturated rings. The van der Waals surface area contributed by atoms with Crippen LogP contribution in [0.25, 0.3) is 16.0 Å². The Kier molecular flexibility index (Phi) is 7.03. The van der Waals surface area contributed by atoms with Crippen LogP contribution in [0.4, 0.5) is 5.13 Å². The average Bonchev–Trinajstić information content (AvgIpc) is 3.46. The fourth-order valence-corrected chi connectivity index (χ4v) is 5.88. The van der Waals surface area contributed by atoms with E-state index in [2.05, 4.69) is 33.8 Å². The minimum absolute atomic E-state index is 0.0428. The molecule has 0 spiro atoms. The van der Waals surface area contributed by atoms with Crippen molar-refractivity contribution in [1.29, 1.82) is 0 Å². The molecule has 1 N–H and O–H groups in total. The molecule has 1 saturated heterocycles. The zero-order valence-corrected chi connectivity index (χ0v) is 23.6. The molecule has 0 bridgehead atoms. The first-order chi connectivity index (χ1) is 18.6. The molecule has 0 unspecified atom stereocenters. The van der Waals surface area contributed by atoms with Crippen LogP contribution in [0.1, 0.15) is 62.9 Å². The van der Waals surface area contributed by atoms with E-state index in [1.54, 1.807) is 24.3 Å². The maximum atomic E-state index is 13.6. The smallest absolute Gasteiger partial charge is 0.301 e. The molecule has 4 aromatic rings. The van der Waals surface area contributed by atoms with Gasteiger partial charge in [0.15, 0.2) is 5.13 Å². The number of aromatic nitrogens is 1. The van der Waals surface area contributed by atoms with Crippen LogP contribution >= 0.6 is 11.3 Å². The van der Waals surface area contributed by atoms with Crippen LogP contribution in [-0.2, 0) is 21.4 Å². The van der Waals surface area contributed by atoms with Crippen LogP contribution in [-0.4, -0.2) is 28.4 Å². The topological polar surface area (TPSA) is 79.7 Å². The molecular formula is C32H32N2O4S. The Morgan fingerprint density at radius 2 is 1.69 bits per heavy atom. The van der Waals surface area contributed by atoms with E-state index in [-0.39, 0.29) is 16.7 Å². The third kappa shape index (κ3) is 4.94. The van der Waals surface area contributed by atoms with E-state index < -0.39 is 17.7 Å². The maximum absolute atomic E-state index is 13.6. The lowest BCUT2D eigenvalue weighted by Crippen LogP contribution is -2.29. The number of rotatable bonds is 6. The van der Waals surface area contributed by atoms with Gasteiger partial charge in [0.25, 0.3) is 5.78 Å². The second kappa shape index (κ2) is 10.3. The lowest BCUT2D eigenvalue weighted by Gasteiger charge is -2.24. The van der Waals surface area contributed by atoms with Crippen molar-refractivity contribution < 1.29 is 19.4 Å². The second-order valence-corrected chi connectivity index (χ2v) is 11.7. The lowest BCUT2D eigenvalue weighted by atomic mass is 9.85. The van der Waals surface area contributed by atoms with Crippen LogP contribution in [0.2, 0.25) is 0 Å². The Bertz CT molecular complexity index is 1580. The number of aliphatic hydroxyl groups is 1. The second-order valence-electron chi connectivity index (χ2n) is 10.7. The van der Waals surface area contributed by atoms with Crippen molar-refractivity contribution in [3.8, 4) is 5.75 Å². The molecule has 2 heterocycles. The molecule has 1 aliphatic rings. The molecule has 0 saturated carbocycles. The van der Waals surface area contributed by atoms with Gasteiger partial charge in [-0.05, 0) is 71.8 Å². The van der Waals surface area contributed by atoms with Crippen LogP contribution in [0.3, 0.4) is 0 Å². The van der Waals surface area contributed by atoms with E-state index in [9.17, 15) is 14.7 Å². The summed E-state index contributed by atoms with van der Waals surface area (Å²) in [7, 11) is 0. The van der Waals surface area contributed by atoms with Gasteiger partial charge >= 0.3 is 5.91 Å². The van der Waals surface area contributed by atoms with Gasteiger partial charge in [-0.2, -0.15) is 0 Å². The number of aryl methyl sites for hydroxylation is 1. The van der Waals surface area contributed by atoms with Crippen molar-refractivity contribution >= 4 is 44.1 Å². The fourth-order valence-electron chi connectivity index (χ4n) is 4.82. The quantitative estimate of drug-likeness (QED) is 0.159. The summed E-state index contributed by atoms with van der Waals surface area (Å²) in [6.45, 7) is 10.9. The number of carbonyl (C=O) groups excluding carboxylic acids is 2. The molecule has 1 aliphatic heterocycles. The number of nitrogens with zero attached hydrogens (tertiary/aromatic N) is 2. The van der Waals surface area contributed by atoms with Crippen molar-refractivity contribution in [2.24, 2.45) is 0 Å². The number of aliphatic hydroxyl groups excluding tert-OH is 1. The highest BCUT2D eigenvalue weighted by Gasteiger charge is 2.48. The SMILES string of the molecule is CCOc1ccc(/C(O)=C2\C(=O)C(=O)N(c3nc4ccc(CC)cc4s3)[C@H]2c2ccc(C(C)(C)C)cc2)cc1. The van der Waals surface area contributed by atoms with E-state index in [0.29, 0.717) is 23.1 Å². The molecule has 1 amide bonds. The Morgan fingerprint density at radius 1 is 1.00 bits per heavy atom. The maximum Gasteiger partial charge on any atom is 0.301 e. The van der Waals surface area contributed by atoms with E-state index in [0.717, 1.165) is 27.8 Å². The minimum atomic E-state index is -0.822. The predicted molar refractivity (Wildman–Crippen MR) is 157 cm³/mol. The molecule has 0 aliphatic carbocycles. The highest BCUT2D eigenvalue weighted by molar-refractivity contribution is 7.22. The van der Waals surface area contributed by atoms with Crippen molar-refractivity contribution in [2.75, 3.05) is 11.5 Å². The number of Topliss-reactive ketones (excluding diaryl/α,β-unsaturated/α-hetero) is 1. The zero-order chi connectivity index (χ0) is 27.9. The number of thiazole rings is 1. The number of fused-ring (bicyclic) bond motifs is 1. The summed E-state index contributed by atoms with van der Waals surface area (Å²) in [5.41, 5.74) is 4.20. The molecule has 5 rings (SSSR count). The number of hydrogen-bond acceptors (Lipinski definition) is 6.